The van der Waals surface area contributed by atoms with Gasteiger partial charge in [-0.15, -0.1) is 0 Å². The van der Waals surface area contributed by atoms with E-state index in [-0.39, 0.29) is 0 Å². The van der Waals surface area contributed by atoms with Crippen molar-refractivity contribution in [2.75, 3.05) is 13.1 Å². The number of rotatable bonds is 13. The van der Waals surface area contributed by atoms with Gasteiger partial charge in [0.25, 0.3) is 0 Å². The summed E-state index contributed by atoms with van der Waals surface area (Å²) in [5, 5.41) is 8.46. The van der Waals surface area contributed by atoms with E-state index in [2.05, 4.69) is 24.1 Å². The van der Waals surface area contributed by atoms with Crippen LogP contribution in [0.1, 0.15) is 84.5 Å². The number of azo groups is 1. The third-order valence-corrected chi connectivity index (χ3v) is 3.07. The van der Waals surface area contributed by atoms with Gasteiger partial charge in [-0.2, -0.15) is 10.2 Å². The summed E-state index contributed by atoms with van der Waals surface area (Å²) in [6.45, 7) is 6.40. The quantitative estimate of drug-likeness (QED) is 0.288. The van der Waals surface area contributed by atoms with Gasteiger partial charge in [0.15, 0.2) is 0 Å². The van der Waals surface area contributed by atoms with Gasteiger partial charge in [-0.1, -0.05) is 71.6 Å². The molecule has 0 spiro atoms. The highest BCUT2D eigenvalue weighted by atomic mass is 15.1. The molecule has 2 heteroatoms. The molecule has 0 saturated carbocycles. The molecule has 0 aliphatic rings. The molecule has 2 nitrogen and oxygen atoms in total. The van der Waals surface area contributed by atoms with E-state index in [1.807, 2.05) is 0 Å². The van der Waals surface area contributed by atoms with Crippen molar-refractivity contribution in [3.63, 3.8) is 0 Å². The summed E-state index contributed by atoms with van der Waals surface area (Å²) in [5.41, 5.74) is 0. The van der Waals surface area contributed by atoms with E-state index >= 15 is 0 Å². The zero-order valence-electron chi connectivity index (χ0n) is 12.1. The Morgan fingerprint density at radius 1 is 0.471 bits per heavy atom. The van der Waals surface area contributed by atoms with Crippen LogP contribution < -0.4 is 0 Å². The van der Waals surface area contributed by atoms with Crippen molar-refractivity contribution in [1.29, 1.82) is 0 Å². The molecule has 0 atom stereocenters. The predicted octanol–water partition coefficient (Wildman–Crippen LogP) is 5.77. The van der Waals surface area contributed by atoms with E-state index < -0.39 is 0 Å². The van der Waals surface area contributed by atoms with Crippen molar-refractivity contribution in [2.45, 2.75) is 84.5 Å². The van der Waals surface area contributed by atoms with E-state index in [1.165, 1.54) is 70.6 Å². The van der Waals surface area contributed by atoms with Crippen LogP contribution in [-0.2, 0) is 0 Å². The third-order valence-electron chi connectivity index (χ3n) is 3.07. The summed E-state index contributed by atoms with van der Waals surface area (Å²) in [6, 6.07) is 0. The van der Waals surface area contributed by atoms with Crippen LogP contribution in [0, 0.1) is 0 Å². The molecule has 0 fully saturated rings. The highest BCUT2D eigenvalue weighted by molar-refractivity contribution is 4.48. The molecule has 0 bridgehead atoms. The van der Waals surface area contributed by atoms with Gasteiger partial charge in [-0.25, -0.2) is 0 Å². The van der Waals surface area contributed by atoms with E-state index in [0.717, 1.165) is 13.1 Å². The normalized spacial score (nSPS) is 11.4. The highest BCUT2D eigenvalue weighted by Crippen LogP contribution is 2.05. The summed E-state index contributed by atoms with van der Waals surface area (Å²) in [7, 11) is 0. The van der Waals surface area contributed by atoms with E-state index in [1.54, 1.807) is 0 Å². The fourth-order valence-corrected chi connectivity index (χ4v) is 1.89. The average molecular weight is 240 g/mol. The molecule has 102 valence electrons. The summed E-state index contributed by atoms with van der Waals surface area (Å²) >= 11 is 0. The Kier molecular flexibility index (Phi) is 15.2. The molecular weight excluding hydrogens is 208 g/mol. The van der Waals surface area contributed by atoms with Crippen LogP contribution in [0.15, 0.2) is 10.2 Å². The van der Waals surface area contributed by atoms with Gasteiger partial charge in [-0.3, -0.25) is 0 Å². The highest BCUT2D eigenvalue weighted by Gasteiger charge is 1.89. The molecule has 0 heterocycles. The standard InChI is InChI=1S/C15H32N2/c1-3-5-7-9-11-13-15-17-16-14-12-10-8-6-4-2/h3-15H2,1-2H3. The Hall–Kier alpha value is -0.400. The Morgan fingerprint density at radius 2 is 0.824 bits per heavy atom. The SMILES string of the molecule is CCCCCCCCN=NCCCCCCC. The summed E-state index contributed by atoms with van der Waals surface area (Å²) < 4.78 is 0. The second kappa shape index (κ2) is 15.6. The van der Waals surface area contributed by atoms with Crippen LogP contribution in [0.4, 0.5) is 0 Å². The molecule has 0 aromatic carbocycles. The first-order chi connectivity index (χ1) is 8.41. The largest absolute Gasteiger partial charge is 0.194 e. The van der Waals surface area contributed by atoms with E-state index in [4.69, 9.17) is 0 Å². The van der Waals surface area contributed by atoms with Crippen LogP contribution in [0.2, 0.25) is 0 Å². The zero-order chi connectivity index (χ0) is 12.6. The van der Waals surface area contributed by atoms with Crippen LogP contribution in [-0.4, -0.2) is 13.1 Å². The predicted molar refractivity (Wildman–Crippen MR) is 76.7 cm³/mol. The molecule has 0 unspecified atom stereocenters. The Balaban J connectivity index is 2.99. The molecule has 17 heavy (non-hydrogen) atoms. The van der Waals surface area contributed by atoms with Crippen molar-refractivity contribution in [1.82, 2.24) is 0 Å². The molecule has 0 aliphatic heterocycles. The van der Waals surface area contributed by atoms with Gasteiger partial charge >= 0.3 is 0 Å². The van der Waals surface area contributed by atoms with Crippen LogP contribution >= 0.6 is 0 Å². The Labute approximate surface area is 108 Å². The number of hydrogen-bond donors (Lipinski definition) is 0. The lowest BCUT2D eigenvalue weighted by Gasteiger charge is -1.97. The minimum Gasteiger partial charge on any atom is -0.194 e. The third kappa shape index (κ3) is 15.6. The summed E-state index contributed by atoms with van der Waals surface area (Å²) in [5.74, 6) is 0. The van der Waals surface area contributed by atoms with Crippen molar-refractivity contribution in [3.05, 3.63) is 0 Å². The first-order valence-electron chi connectivity index (χ1n) is 7.75. The van der Waals surface area contributed by atoms with Crippen molar-refractivity contribution >= 4 is 0 Å². The maximum absolute atomic E-state index is 4.23. The minimum atomic E-state index is 0.944. The topological polar surface area (TPSA) is 24.7 Å². The van der Waals surface area contributed by atoms with Crippen LogP contribution in [0.3, 0.4) is 0 Å². The lowest BCUT2D eigenvalue weighted by Crippen LogP contribution is -1.85. The molecule has 0 N–H and O–H groups in total. The zero-order valence-corrected chi connectivity index (χ0v) is 12.1. The van der Waals surface area contributed by atoms with Crippen molar-refractivity contribution in [2.24, 2.45) is 10.2 Å². The van der Waals surface area contributed by atoms with Gasteiger partial charge in [0.1, 0.15) is 0 Å². The summed E-state index contributed by atoms with van der Waals surface area (Å²) in [6.07, 6.45) is 14.6. The molecule has 0 aromatic rings. The van der Waals surface area contributed by atoms with Crippen molar-refractivity contribution < 1.29 is 0 Å². The second-order valence-electron chi connectivity index (χ2n) is 4.91. The first kappa shape index (κ1) is 16.6. The molecule has 0 radical (unpaired) electrons. The molecule has 0 aliphatic carbocycles. The first-order valence-corrected chi connectivity index (χ1v) is 7.75. The van der Waals surface area contributed by atoms with E-state index in [0.29, 0.717) is 0 Å². The summed E-state index contributed by atoms with van der Waals surface area (Å²) in [4.78, 5) is 0. The molecule has 0 rings (SSSR count). The fourth-order valence-electron chi connectivity index (χ4n) is 1.89. The maximum Gasteiger partial charge on any atom is 0.0598 e. The fraction of sp³-hybridized carbons (Fsp3) is 1.00. The van der Waals surface area contributed by atoms with Gasteiger partial charge < -0.3 is 0 Å². The number of hydrogen-bond acceptors (Lipinski definition) is 2. The van der Waals surface area contributed by atoms with E-state index in [9.17, 15) is 0 Å². The molecular formula is C15H32N2. The lowest BCUT2D eigenvalue weighted by atomic mass is 10.1. The second-order valence-corrected chi connectivity index (χ2v) is 4.91. The Morgan fingerprint density at radius 3 is 1.24 bits per heavy atom. The van der Waals surface area contributed by atoms with Crippen LogP contribution in [0.25, 0.3) is 0 Å². The van der Waals surface area contributed by atoms with Gasteiger partial charge in [-0.05, 0) is 12.8 Å². The minimum absolute atomic E-state index is 0.944. The van der Waals surface area contributed by atoms with Crippen molar-refractivity contribution in [3.8, 4) is 0 Å². The van der Waals surface area contributed by atoms with Gasteiger partial charge in [0, 0.05) is 0 Å². The van der Waals surface area contributed by atoms with Gasteiger partial charge in [0.05, 0.1) is 13.1 Å². The average Bonchev–Trinajstić information content (AvgIpc) is 2.35. The lowest BCUT2D eigenvalue weighted by molar-refractivity contribution is 0.599. The number of unbranched alkanes of at least 4 members (excludes halogenated alkanes) is 9. The monoisotopic (exact) mass is 240 g/mol. The number of nitrogens with zero attached hydrogens (tertiary/aromatic N) is 2. The molecule has 0 amide bonds. The van der Waals surface area contributed by atoms with Gasteiger partial charge in [0.2, 0.25) is 0 Å². The maximum atomic E-state index is 4.23. The smallest absolute Gasteiger partial charge is 0.0598 e. The molecule has 0 saturated heterocycles. The Bertz CT molecular complexity index is 155. The molecule has 0 aromatic heterocycles. The van der Waals surface area contributed by atoms with Crippen LogP contribution in [0.5, 0.6) is 0 Å².